The molecule has 9 nitrogen and oxygen atoms in total. The first-order chi connectivity index (χ1) is 21.9. The number of hydrogen-bond donors (Lipinski definition) is 3. The topological polar surface area (TPSA) is 131 Å². The molecule has 45 heavy (non-hydrogen) atoms. The Morgan fingerprint density at radius 1 is 0.867 bits per heavy atom. The van der Waals surface area contributed by atoms with Crippen molar-refractivity contribution < 1.29 is 29.3 Å². The minimum absolute atomic E-state index is 0.0173. The summed E-state index contributed by atoms with van der Waals surface area (Å²) in [6.45, 7) is 2.47. The van der Waals surface area contributed by atoms with Crippen molar-refractivity contribution >= 4 is 23.6 Å². The van der Waals surface area contributed by atoms with E-state index in [0.717, 1.165) is 33.4 Å². The van der Waals surface area contributed by atoms with Gasteiger partial charge in [-0.2, -0.15) is 0 Å². The maximum atomic E-state index is 12.2. The molecule has 1 aliphatic heterocycles. The van der Waals surface area contributed by atoms with Gasteiger partial charge in [-0.15, -0.1) is 0 Å². The van der Waals surface area contributed by atoms with Crippen molar-refractivity contribution in [3.05, 3.63) is 114 Å². The van der Waals surface area contributed by atoms with E-state index in [9.17, 15) is 14.7 Å². The summed E-state index contributed by atoms with van der Waals surface area (Å²) in [5, 5.41) is 21.9. The third-order valence-corrected chi connectivity index (χ3v) is 8.71. The number of aromatic nitrogens is 2. The van der Waals surface area contributed by atoms with Gasteiger partial charge in [0.1, 0.15) is 0 Å². The number of aliphatic hydroxyl groups is 1. The molecular formula is C35H37N3O6S. The van der Waals surface area contributed by atoms with Crippen LogP contribution in [0.5, 0.6) is 0 Å². The Balaban J connectivity index is 1.33. The summed E-state index contributed by atoms with van der Waals surface area (Å²) in [6.07, 6.45) is 2.94. The van der Waals surface area contributed by atoms with Crippen LogP contribution >= 0.6 is 11.8 Å². The van der Waals surface area contributed by atoms with Crippen molar-refractivity contribution in [2.24, 2.45) is 5.92 Å². The van der Waals surface area contributed by atoms with Gasteiger partial charge in [0.25, 0.3) is 0 Å². The van der Waals surface area contributed by atoms with Crippen molar-refractivity contribution in [3.8, 4) is 11.1 Å². The minimum Gasteiger partial charge on any atom is -0.481 e. The van der Waals surface area contributed by atoms with Crippen LogP contribution in [0.25, 0.3) is 11.1 Å². The van der Waals surface area contributed by atoms with Gasteiger partial charge in [-0.25, -0.2) is 9.97 Å². The van der Waals surface area contributed by atoms with Crippen molar-refractivity contribution in [2.75, 3.05) is 5.75 Å². The zero-order valence-electron chi connectivity index (χ0n) is 25.0. The molecule has 1 aliphatic rings. The largest absolute Gasteiger partial charge is 0.481 e. The van der Waals surface area contributed by atoms with Gasteiger partial charge in [0.15, 0.2) is 11.4 Å². The van der Waals surface area contributed by atoms with Gasteiger partial charge in [0.05, 0.1) is 18.8 Å². The Kier molecular flexibility index (Phi) is 11.3. The van der Waals surface area contributed by atoms with E-state index in [2.05, 4.69) is 28.3 Å². The third-order valence-electron chi connectivity index (χ3n) is 7.75. The fourth-order valence-corrected chi connectivity index (χ4v) is 6.21. The molecule has 0 radical (unpaired) electrons. The first-order valence-electron chi connectivity index (χ1n) is 15.0. The maximum Gasteiger partial charge on any atom is 0.303 e. The monoisotopic (exact) mass is 627 g/mol. The predicted molar refractivity (Wildman–Crippen MR) is 171 cm³/mol. The molecule has 3 aromatic carbocycles. The van der Waals surface area contributed by atoms with Crippen molar-refractivity contribution in [1.29, 1.82) is 0 Å². The Labute approximate surface area is 267 Å². The van der Waals surface area contributed by atoms with Crippen LogP contribution in [0.4, 0.5) is 0 Å². The number of ether oxygens (including phenoxy) is 2. The highest BCUT2D eigenvalue weighted by Gasteiger charge is 2.38. The second-order valence-electron chi connectivity index (χ2n) is 11.0. The minimum atomic E-state index is -0.903. The average Bonchev–Trinajstić information content (AvgIpc) is 3.07. The molecule has 1 aromatic heterocycles. The number of aliphatic carboxylic acids is 1. The van der Waals surface area contributed by atoms with E-state index in [1.54, 1.807) is 30.2 Å². The zero-order valence-corrected chi connectivity index (χ0v) is 25.9. The molecule has 0 saturated carbocycles. The van der Waals surface area contributed by atoms with E-state index in [0.29, 0.717) is 23.9 Å². The summed E-state index contributed by atoms with van der Waals surface area (Å²) in [4.78, 5) is 31.6. The number of carbonyl (C=O) groups is 2. The zero-order chi connectivity index (χ0) is 31.6. The van der Waals surface area contributed by atoms with Gasteiger partial charge in [-0.05, 0) is 52.4 Å². The molecule has 1 fully saturated rings. The van der Waals surface area contributed by atoms with Crippen molar-refractivity contribution in [3.63, 3.8) is 0 Å². The van der Waals surface area contributed by atoms with Gasteiger partial charge >= 0.3 is 5.97 Å². The number of rotatable bonds is 13. The maximum absolute atomic E-state index is 12.2. The molecule has 4 atom stereocenters. The standard InChI is InChI=1S/C35H37N3O6S/c1-23-30(22-45-35-36-16-5-17-37-35)43-34(44-33(23)26-14-12-24(21-39)13-15-26)29-9-3-8-28(19-29)27-7-2-6-25(18-27)20-38-31(40)10-4-11-32(41)42/h2-3,5-9,12-19,23,30,33-34,39H,4,10-11,20-22H2,1H3,(H,38,40)(H,41,42). The van der Waals surface area contributed by atoms with Gasteiger partial charge in [0.2, 0.25) is 5.91 Å². The van der Waals surface area contributed by atoms with Crippen LogP contribution in [0.1, 0.15) is 60.8 Å². The summed E-state index contributed by atoms with van der Waals surface area (Å²) in [5.41, 5.74) is 5.67. The molecule has 3 N–H and O–H groups in total. The SMILES string of the molecule is CC1C(CSc2ncccn2)OC(c2cccc(-c3cccc(CNC(=O)CCCC(=O)O)c3)c2)OC1c1ccc(CO)cc1. The highest BCUT2D eigenvalue weighted by atomic mass is 32.2. The fourth-order valence-electron chi connectivity index (χ4n) is 5.24. The van der Waals surface area contributed by atoms with Crippen LogP contribution in [-0.2, 0) is 32.2 Å². The number of aliphatic hydroxyl groups excluding tert-OH is 1. The number of thioether (sulfide) groups is 1. The number of carbonyl (C=O) groups excluding carboxylic acids is 1. The van der Waals surface area contributed by atoms with Crippen molar-refractivity contribution in [1.82, 2.24) is 15.3 Å². The van der Waals surface area contributed by atoms with Gasteiger partial charge in [0, 0.05) is 49.0 Å². The molecule has 234 valence electrons. The third kappa shape index (κ3) is 8.98. The van der Waals surface area contributed by atoms with E-state index in [1.807, 2.05) is 66.7 Å². The fraction of sp³-hybridized carbons (Fsp3) is 0.314. The van der Waals surface area contributed by atoms with E-state index < -0.39 is 12.3 Å². The molecule has 4 aromatic rings. The van der Waals surface area contributed by atoms with Crippen LogP contribution < -0.4 is 5.32 Å². The van der Waals surface area contributed by atoms with Crippen LogP contribution in [-0.4, -0.2) is 43.9 Å². The highest BCUT2D eigenvalue weighted by molar-refractivity contribution is 7.99. The second kappa shape index (κ2) is 15.8. The summed E-state index contributed by atoms with van der Waals surface area (Å²) >= 11 is 1.55. The average molecular weight is 628 g/mol. The first kappa shape index (κ1) is 32.3. The normalized spacial score (nSPS) is 19.6. The molecule has 1 saturated heterocycles. The Hall–Kier alpha value is -4.09. The summed E-state index contributed by atoms with van der Waals surface area (Å²) < 4.78 is 13.3. The van der Waals surface area contributed by atoms with E-state index in [4.69, 9.17) is 14.6 Å². The Morgan fingerprint density at radius 3 is 2.33 bits per heavy atom. The lowest BCUT2D eigenvalue weighted by Gasteiger charge is -2.41. The van der Waals surface area contributed by atoms with Crippen LogP contribution in [0.2, 0.25) is 0 Å². The highest BCUT2D eigenvalue weighted by Crippen LogP contribution is 2.43. The van der Waals surface area contributed by atoms with Gasteiger partial charge < -0.3 is 25.0 Å². The lowest BCUT2D eigenvalue weighted by Crippen LogP contribution is -2.38. The Morgan fingerprint density at radius 2 is 1.60 bits per heavy atom. The molecule has 4 unspecified atom stereocenters. The summed E-state index contributed by atoms with van der Waals surface area (Å²) in [5.74, 6) is -0.382. The molecule has 5 rings (SSSR count). The number of nitrogens with one attached hydrogen (secondary N) is 1. The summed E-state index contributed by atoms with van der Waals surface area (Å²) in [7, 11) is 0. The molecule has 2 heterocycles. The van der Waals surface area contributed by atoms with Gasteiger partial charge in [-0.1, -0.05) is 79.3 Å². The molecule has 0 spiro atoms. The number of hydrogen-bond acceptors (Lipinski definition) is 8. The van der Waals surface area contributed by atoms with Crippen LogP contribution in [0.3, 0.4) is 0 Å². The lowest BCUT2D eigenvalue weighted by atomic mass is 9.91. The van der Waals surface area contributed by atoms with Crippen LogP contribution in [0.15, 0.2) is 96.4 Å². The number of amides is 1. The Bertz CT molecular complexity index is 1570. The number of carboxylic acid groups (broad SMARTS) is 1. The molecule has 0 bridgehead atoms. The smallest absolute Gasteiger partial charge is 0.303 e. The summed E-state index contributed by atoms with van der Waals surface area (Å²) in [6, 6.07) is 25.7. The van der Waals surface area contributed by atoms with Gasteiger partial charge in [-0.3, -0.25) is 9.59 Å². The molecule has 0 aliphatic carbocycles. The van der Waals surface area contributed by atoms with E-state index in [1.165, 1.54) is 0 Å². The van der Waals surface area contributed by atoms with E-state index >= 15 is 0 Å². The predicted octanol–water partition coefficient (Wildman–Crippen LogP) is 6.09. The molecule has 10 heteroatoms. The first-order valence-corrected chi connectivity index (χ1v) is 16.0. The second-order valence-corrected chi connectivity index (χ2v) is 12.0. The van der Waals surface area contributed by atoms with E-state index in [-0.39, 0.29) is 43.5 Å². The van der Waals surface area contributed by atoms with Crippen molar-refractivity contribution in [2.45, 2.75) is 63.0 Å². The molecule has 1 amide bonds. The number of benzene rings is 3. The van der Waals surface area contributed by atoms with Crippen LogP contribution in [0, 0.1) is 5.92 Å². The lowest BCUT2D eigenvalue weighted by molar-refractivity contribution is -0.268. The number of carboxylic acids is 1. The number of nitrogens with zero attached hydrogens (tertiary/aromatic N) is 2. The quantitative estimate of drug-likeness (QED) is 0.119. The molecular weight excluding hydrogens is 590 g/mol.